The van der Waals surface area contributed by atoms with Gasteiger partial charge in [0.1, 0.15) is 5.66 Å². The van der Waals surface area contributed by atoms with Gasteiger partial charge in [-0.2, -0.15) is 4.99 Å². The van der Waals surface area contributed by atoms with E-state index in [9.17, 15) is 0 Å². The Morgan fingerprint density at radius 2 is 1.65 bits per heavy atom. The van der Waals surface area contributed by atoms with E-state index in [1.54, 1.807) is 0 Å². The van der Waals surface area contributed by atoms with Crippen molar-refractivity contribution in [1.82, 2.24) is 0 Å². The molecule has 0 saturated heterocycles. The monoisotopic (exact) mass is 355 g/mol. The standard InChI is InChI=1S/C21H33N5/c1-2-3-4-5-7-10-17-11-13-18(14-12-17)26-20(23)24-19(22)25-21(26)15-8-6-9-16-21/h11-14H,2-10,15-16H2,1H3,(H4,22,23,24,25). The van der Waals surface area contributed by atoms with Crippen LogP contribution in [0.2, 0.25) is 0 Å². The lowest BCUT2D eigenvalue weighted by Gasteiger charge is -2.45. The smallest absolute Gasteiger partial charge is 0.220 e. The average molecular weight is 356 g/mol. The summed E-state index contributed by atoms with van der Waals surface area (Å²) in [5.41, 5.74) is 14.3. The Labute approximate surface area is 157 Å². The number of hydrogen-bond acceptors (Lipinski definition) is 5. The summed E-state index contributed by atoms with van der Waals surface area (Å²) in [5, 5.41) is 0. The SMILES string of the molecule is CCCCCCCc1ccc(N2C(N)=NC(N)=NC23CCCCC3)cc1. The van der Waals surface area contributed by atoms with Gasteiger partial charge in [0.05, 0.1) is 0 Å². The first-order valence-electron chi connectivity index (χ1n) is 10.2. The van der Waals surface area contributed by atoms with Gasteiger partial charge in [-0.1, -0.05) is 51.2 Å². The molecule has 0 atom stereocenters. The minimum absolute atomic E-state index is 0.310. The van der Waals surface area contributed by atoms with Crippen molar-refractivity contribution in [2.24, 2.45) is 21.5 Å². The Kier molecular flexibility index (Phi) is 6.17. The zero-order valence-corrected chi connectivity index (χ0v) is 16.1. The summed E-state index contributed by atoms with van der Waals surface area (Å²) in [6.45, 7) is 2.26. The molecular formula is C21H33N5. The number of anilines is 1. The summed E-state index contributed by atoms with van der Waals surface area (Å²) in [4.78, 5) is 11.1. The first-order chi connectivity index (χ1) is 12.6. The van der Waals surface area contributed by atoms with Crippen LogP contribution in [0.25, 0.3) is 0 Å². The number of hydrogen-bond donors (Lipinski definition) is 2. The molecule has 1 aromatic rings. The maximum absolute atomic E-state index is 6.29. The van der Waals surface area contributed by atoms with Crippen LogP contribution in [0.15, 0.2) is 34.3 Å². The Bertz CT molecular complexity index is 641. The normalized spacial score (nSPS) is 19.3. The Balaban J connectivity index is 1.71. The van der Waals surface area contributed by atoms with Gasteiger partial charge in [0.15, 0.2) is 0 Å². The van der Waals surface area contributed by atoms with Gasteiger partial charge >= 0.3 is 0 Å². The summed E-state index contributed by atoms with van der Waals surface area (Å²) in [7, 11) is 0. The van der Waals surface area contributed by atoms with Crippen LogP contribution in [0.4, 0.5) is 5.69 Å². The fourth-order valence-electron chi connectivity index (χ4n) is 4.24. The predicted molar refractivity (Wildman–Crippen MR) is 110 cm³/mol. The highest BCUT2D eigenvalue weighted by Crippen LogP contribution is 2.39. The molecule has 1 aromatic carbocycles. The maximum Gasteiger partial charge on any atom is 0.220 e. The summed E-state index contributed by atoms with van der Waals surface area (Å²) in [6.07, 6.45) is 13.2. The quantitative estimate of drug-likeness (QED) is 0.715. The van der Waals surface area contributed by atoms with Crippen molar-refractivity contribution < 1.29 is 0 Å². The van der Waals surface area contributed by atoms with Crippen molar-refractivity contribution >= 4 is 17.6 Å². The van der Waals surface area contributed by atoms with E-state index in [1.165, 1.54) is 44.1 Å². The molecule has 0 bridgehead atoms. The molecule has 26 heavy (non-hydrogen) atoms. The molecule has 0 aromatic heterocycles. The number of guanidine groups is 2. The third-order valence-electron chi connectivity index (χ3n) is 5.61. The van der Waals surface area contributed by atoms with Crippen LogP contribution in [0.1, 0.15) is 76.7 Å². The third kappa shape index (κ3) is 4.19. The van der Waals surface area contributed by atoms with Gasteiger partial charge in [-0.25, -0.2) is 4.99 Å². The van der Waals surface area contributed by atoms with E-state index >= 15 is 0 Å². The molecule has 1 fully saturated rings. The molecule has 1 heterocycles. The average Bonchev–Trinajstić information content (AvgIpc) is 2.63. The molecule has 0 unspecified atom stereocenters. The van der Waals surface area contributed by atoms with E-state index in [1.807, 2.05) is 0 Å². The van der Waals surface area contributed by atoms with Gasteiger partial charge in [0, 0.05) is 5.69 Å². The van der Waals surface area contributed by atoms with Gasteiger partial charge in [0.2, 0.25) is 11.9 Å². The van der Waals surface area contributed by atoms with Crippen molar-refractivity contribution in [2.45, 2.75) is 83.2 Å². The lowest BCUT2D eigenvalue weighted by molar-refractivity contribution is 0.305. The molecule has 142 valence electrons. The van der Waals surface area contributed by atoms with E-state index in [0.29, 0.717) is 11.9 Å². The second kappa shape index (κ2) is 8.56. The third-order valence-corrected chi connectivity index (χ3v) is 5.61. The molecule has 1 aliphatic carbocycles. The van der Waals surface area contributed by atoms with Crippen molar-refractivity contribution in [2.75, 3.05) is 4.90 Å². The van der Waals surface area contributed by atoms with Crippen LogP contribution in [0.5, 0.6) is 0 Å². The fraction of sp³-hybridized carbons (Fsp3) is 0.619. The van der Waals surface area contributed by atoms with Crippen LogP contribution in [-0.2, 0) is 6.42 Å². The van der Waals surface area contributed by atoms with Crippen LogP contribution < -0.4 is 16.4 Å². The van der Waals surface area contributed by atoms with Crippen molar-refractivity contribution in [3.8, 4) is 0 Å². The van der Waals surface area contributed by atoms with Gasteiger partial charge in [-0.05, 0) is 56.2 Å². The van der Waals surface area contributed by atoms with Crippen molar-refractivity contribution in [1.29, 1.82) is 0 Å². The van der Waals surface area contributed by atoms with Gasteiger partial charge in [-0.15, -0.1) is 0 Å². The van der Waals surface area contributed by atoms with E-state index in [0.717, 1.165) is 37.8 Å². The largest absolute Gasteiger partial charge is 0.369 e. The molecular weight excluding hydrogens is 322 g/mol. The Morgan fingerprint density at radius 1 is 0.962 bits per heavy atom. The highest BCUT2D eigenvalue weighted by atomic mass is 15.4. The van der Waals surface area contributed by atoms with E-state index in [4.69, 9.17) is 16.5 Å². The minimum atomic E-state index is -0.351. The molecule has 0 radical (unpaired) electrons. The number of aliphatic imine (C=N–C) groups is 2. The van der Waals surface area contributed by atoms with Gasteiger partial charge < -0.3 is 11.5 Å². The highest BCUT2D eigenvalue weighted by Gasteiger charge is 2.42. The lowest BCUT2D eigenvalue weighted by Crippen LogP contribution is -2.58. The van der Waals surface area contributed by atoms with E-state index in [-0.39, 0.29) is 5.66 Å². The molecule has 3 rings (SSSR count). The Morgan fingerprint density at radius 3 is 2.35 bits per heavy atom. The molecule has 1 aliphatic heterocycles. The number of aryl methyl sites for hydroxylation is 1. The highest BCUT2D eigenvalue weighted by molar-refractivity contribution is 6.05. The first kappa shape index (κ1) is 18.7. The van der Waals surface area contributed by atoms with Crippen LogP contribution in [0, 0.1) is 0 Å². The van der Waals surface area contributed by atoms with Crippen molar-refractivity contribution in [3.05, 3.63) is 29.8 Å². The first-order valence-corrected chi connectivity index (χ1v) is 10.2. The number of nitrogens with two attached hydrogens (primary N) is 2. The molecule has 0 amide bonds. The van der Waals surface area contributed by atoms with E-state index < -0.39 is 0 Å². The minimum Gasteiger partial charge on any atom is -0.369 e. The van der Waals surface area contributed by atoms with Gasteiger partial charge in [0.25, 0.3) is 0 Å². The summed E-state index contributed by atoms with van der Waals surface area (Å²) in [6, 6.07) is 8.77. The summed E-state index contributed by atoms with van der Waals surface area (Å²) < 4.78 is 0. The predicted octanol–water partition coefficient (Wildman–Crippen LogP) is 4.31. The second-order valence-electron chi connectivity index (χ2n) is 7.65. The van der Waals surface area contributed by atoms with Crippen LogP contribution in [-0.4, -0.2) is 17.6 Å². The zero-order chi connectivity index (χ0) is 18.4. The molecule has 5 nitrogen and oxygen atoms in total. The van der Waals surface area contributed by atoms with Crippen LogP contribution in [0.3, 0.4) is 0 Å². The topological polar surface area (TPSA) is 80.0 Å². The number of nitrogens with zero attached hydrogens (tertiary/aromatic N) is 3. The molecule has 4 N–H and O–H groups in total. The maximum atomic E-state index is 6.29. The molecule has 5 heteroatoms. The van der Waals surface area contributed by atoms with E-state index in [2.05, 4.69) is 41.1 Å². The molecule has 1 spiro atoms. The Hall–Kier alpha value is -2.04. The summed E-state index contributed by atoms with van der Waals surface area (Å²) >= 11 is 0. The zero-order valence-electron chi connectivity index (χ0n) is 16.1. The molecule has 1 saturated carbocycles. The fourth-order valence-corrected chi connectivity index (χ4v) is 4.24. The molecule has 2 aliphatic rings. The second-order valence-corrected chi connectivity index (χ2v) is 7.65. The van der Waals surface area contributed by atoms with Crippen LogP contribution >= 0.6 is 0 Å². The van der Waals surface area contributed by atoms with Crippen molar-refractivity contribution in [3.63, 3.8) is 0 Å². The number of benzene rings is 1. The summed E-state index contributed by atoms with van der Waals surface area (Å²) in [5.74, 6) is 0.774. The van der Waals surface area contributed by atoms with Gasteiger partial charge in [-0.3, -0.25) is 4.90 Å². The lowest BCUT2D eigenvalue weighted by atomic mass is 9.87. The number of unbranched alkanes of at least 4 members (excludes halogenated alkanes) is 4. The number of rotatable bonds is 7.